The number of hydrogen-bond donors (Lipinski definition) is 0. The molecule has 13 heteroatoms. The Bertz CT molecular complexity index is 1300. The zero-order valence-corrected chi connectivity index (χ0v) is 24.5. The van der Waals surface area contributed by atoms with Crippen molar-refractivity contribution in [1.29, 1.82) is 0 Å². The number of halogens is 4. The average Bonchev–Trinajstić information content (AvgIpc) is 3.40. The summed E-state index contributed by atoms with van der Waals surface area (Å²) in [5.41, 5.74) is 1.30. The highest BCUT2D eigenvalue weighted by Crippen LogP contribution is 2.32. The van der Waals surface area contributed by atoms with E-state index in [0.717, 1.165) is 53.6 Å². The van der Waals surface area contributed by atoms with Gasteiger partial charge in [-0.05, 0) is 61.9 Å². The van der Waals surface area contributed by atoms with Crippen LogP contribution < -0.4 is 9.64 Å². The highest BCUT2D eigenvalue weighted by atomic mass is 127. The molecular formula is C27H33F3IN7O2. The van der Waals surface area contributed by atoms with Gasteiger partial charge in [0.25, 0.3) is 5.82 Å². The molecule has 2 aromatic heterocycles. The quantitative estimate of drug-likeness (QED) is 0.191. The number of alkyl halides is 4. The van der Waals surface area contributed by atoms with E-state index in [2.05, 4.69) is 61.8 Å². The molecule has 0 N–H and O–H groups in total. The van der Waals surface area contributed by atoms with E-state index >= 15 is 0 Å². The zero-order valence-electron chi connectivity index (χ0n) is 22.4. The minimum absolute atomic E-state index is 0.0723. The molecule has 0 radical (unpaired) electrons. The third-order valence-corrected chi connectivity index (χ3v) is 8.93. The second kappa shape index (κ2) is 12.5. The van der Waals surface area contributed by atoms with E-state index in [4.69, 9.17) is 4.74 Å². The van der Waals surface area contributed by atoms with Crippen molar-refractivity contribution in [3.05, 3.63) is 47.8 Å². The van der Waals surface area contributed by atoms with Crippen LogP contribution in [0.2, 0.25) is 0 Å². The Hall–Kier alpha value is -2.68. The number of carbonyl (C=O) groups excluding carboxylic acids is 1. The molecule has 2 saturated heterocycles. The molecule has 4 heterocycles. The summed E-state index contributed by atoms with van der Waals surface area (Å²) in [6, 6.07) is 11.7. The second-order valence-electron chi connectivity index (χ2n) is 10.4. The summed E-state index contributed by atoms with van der Waals surface area (Å²) >= 11 is 2.32. The first-order chi connectivity index (χ1) is 19.2. The smallest absolute Gasteiger partial charge is 0.453 e. The Balaban J connectivity index is 1.06. The van der Waals surface area contributed by atoms with Gasteiger partial charge in [-0.1, -0.05) is 34.7 Å². The summed E-state index contributed by atoms with van der Waals surface area (Å²) in [6.07, 6.45) is -2.01. The van der Waals surface area contributed by atoms with E-state index in [1.807, 2.05) is 21.9 Å². The summed E-state index contributed by atoms with van der Waals surface area (Å²) < 4.78 is 47.3. The normalized spacial score (nSPS) is 18.5. The van der Waals surface area contributed by atoms with Gasteiger partial charge in [0.2, 0.25) is 5.91 Å². The van der Waals surface area contributed by atoms with Crippen LogP contribution in [0.25, 0.3) is 5.65 Å². The number of amides is 1. The van der Waals surface area contributed by atoms with Gasteiger partial charge in [0.05, 0.1) is 13.2 Å². The van der Waals surface area contributed by atoms with E-state index in [0.29, 0.717) is 38.0 Å². The van der Waals surface area contributed by atoms with Crippen molar-refractivity contribution in [2.75, 3.05) is 55.2 Å². The molecule has 1 atom stereocenters. The van der Waals surface area contributed by atoms with Gasteiger partial charge in [0.1, 0.15) is 11.6 Å². The van der Waals surface area contributed by atoms with Crippen LogP contribution in [-0.2, 0) is 11.0 Å². The van der Waals surface area contributed by atoms with Gasteiger partial charge in [0, 0.05) is 43.2 Å². The molecule has 216 valence electrons. The van der Waals surface area contributed by atoms with Crippen molar-refractivity contribution in [2.24, 2.45) is 0 Å². The number of benzene rings is 1. The summed E-state index contributed by atoms with van der Waals surface area (Å²) in [4.78, 5) is 18.6. The fourth-order valence-corrected chi connectivity index (χ4v) is 5.83. The molecule has 2 aliphatic rings. The van der Waals surface area contributed by atoms with Gasteiger partial charge in [0.15, 0.2) is 5.65 Å². The Morgan fingerprint density at radius 2 is 1.80 bits per heavy atom. The van der Waals surface area contributed by atoms with Gasteiger partial charge < -0.3 is 14.5 Å². The topological polar surface area (TPSA) is 79.1 Å². The molecule has 1 unspecified atom stereocenters. The van der Waals surface area contributed by atoms with Crippen LogP contribution in [0.5, 0.6) is 5.75 Å². The second-order valence-corrected chi connectivity index (χ2v) is 11.3. The van der Waals surface area contributed by atoms with Crippen LogP contribution in [0.15, 0.2) is 36.4 Å². The largest absolute Gasteiger partial charge is 0.494 e. The molecule has 0 saturated carbocycles. The first-order valence-corrected chi connectivity index (χ1v) is 15.1. The summed E-state index contributed by atoms with van der Waals surface area (Å²) in [5.74, 6) is 0.768. The average molecular weight is 672 g/mol. The number of hydrogen-bond acceptors (Lipinski definition) is 7. The molecule has 0 aliphatic carbocycles. The van der Waals surface area contributed by atoms with E-state index < -0.39 is 12.0 Å². The Morgan fingerprint density at radius 3 is 2.48 bits per heavy atom. The standard InChI is InChI=1S/C27H33F3IN7O2/c1-19(17-31)37-15-14-35(18-25(37)39)11-2-16-40-22-5-3-20(4-6-22)21-9-12-36(13-10-21)24-8-7-23-32-33-26(27(28,29)30)38(23)34-24/h3-8,19,21H,2,9-18H2,1H3. The minimum Gasteiger partial charge on any atom is -0.494 e. The van der Waals surface area contributed by atoms with E-state index in [-0.39, 0.29) is 17.6 Å². The van der Waals surface area contributed by atoms with Crippen LogP contribution in [0.4, 0.5) is 19.0 Å². The van der Waals surface area contributed by atoms with Crippen LogP contribution in [0.1, 0.15) is 43.5 Å². The SMILES string of the molecule is CC(CI)N1CCN(CCCOc2ccc(C3CCN(c4ccc5nnc(C(F)(F)F)n5n4)CC3)cc2)CC1=O. The van der Waals surface area contributed by atoms with Crippen LogP contribution >= 0.6 is 22.6 Å². The van der Waals surface area contributed by atoms with Crippen molar-refractivity contribution in [3.63, 3.8) is 0 Å². The number of nitrogens with zero attached hydrogens (tertiary/aromatic N) is 7. The fraction of sp³-hybridized carbons (Fsp3) is 0.556. The maximum Gasteiger partial charge on any atom is 0.453 e. The number of rotatable bonds is 9. The lowest BCUT2D eigenvalue weighted by atomic mass is 9.89. The predicted molar refractivity (Wildman–Crippen MR) is 153 cm³/mol. The predicted octanol–water partition coefficient (Wildman–Crippen LogP) is 4.26. The molecule has 3 aromatic rings. The molecule has 0 spiro atoms. The van der Waals surface area contributed by atoms with Crippen molar-refractivity contribution >= 4 is 40.0 Å². The highest BCUT2D eigenvalue weighted by Gasteiger charge is 2.38. The zero-order chi connectivity index (χ0) is 28.3. The van der Waals surface area contributed by atoms with Gasteiger partial charge in [-0.2, -0.15) is 17.7 Å². The van der Waals surface area contributed by atoms with Crippen LogP contribution in [0.3, 0.4) is 0 Å². The van der Waals surface area contributed by atoms with Crippen molar-refractivity contribution in [2.45, 2.75) is 44.3 Å². The first kappa shape index (κ1) is 28.8. The fourth-order valence-electron chi connectivity index (χ4n) is 5.36. The Labute approximate surface area is 244 Å². The maximum atomic E-state index is 13.2. The number of aromatic nitrogens is 4. The summed E-state index contributed by atoms with van der Waals surface area (Å²) in [7, 11) is 0. The molecule has 2 aliphatic heterocycles. The van der Waals surface area contributed by atoms with E-state index in [1.54, 1.807) is 6.07 Å². The summed E-state index contributed by atoms with van der Waals surface area (Å²) in [6.45, 7) is 7.09. The number of anilines is 1. The van der Waals surface area contributed by atoms with Crippen LogP contribution in [-0.4, -0.2) is 91.9 Å². The molecule has 5 rings (SSSR count). The highest BCUT2D eigenvalue weighted by molar-refractivity contribution is 14.1. The third kappa shape index (κ3) is 6.61. The molecule has 1 amide bonds. The van der Waals surface area contributed by atoms with Crippen molar-refractivity contribution < 1.29 is 22.7 Å². The lowest BCUT2D eigenvalue weighted by molar-refractivity contribution is -0.146. The number of piperidine rings is 1. The van der Waals surface area contributed by atoms with E-state index in [1.165, 1.54) is 11.6 Å². The first-order valence-electron chi connectivity index (χ1n) is 13.6. The Kier molecular flexibility index (Phi) is 8.98. The number of piperazine rings is 1. The van der Waals surface area contributed by atoms with Gasteiger partial charge >= 0.3 is 6.18 Å². The molecule has 0 bridgehead atoms. The molecule has 9 nitrogen and oxygen atoms in total. The van der Waals surface area contributed by atoms with Gasteiger partial charge in [-0.3, -0.25) is 9.69 Å². The maximum absolute atomic E-state index is 13.2. The third-order valence-electron chi connectivity index (χ3n) is 7.65. The monoisotopic (exact) mass is 671 g/mol. The summed E-state index contributed by atoms with van der Waals surface area (Å²) in [5, 5.41) is 11.0. The van der Waals surface area contributed by atoms with Crippen molar-refractivity contribution in [3.8, 4) is 5.75 Å². The van der Waals surface area contributed by atoms with Crippen LogP contribution in [0, 0.1) is 0 Å². The van der Waals surface area contributed by atoms with Gasteiger partial charge in [-0.25, -0.2) is 0 Å². The molecule has 40 heavy (non-hydrogen) atoms. The van der Waals surface area contributed by atoms with Crippen molar-refractivity contribution in [1.82, 2.24) is 29.6 Å². The number of ether oxygens (including phenoxy) is 1. The minimum atomic E-state index is -4.61. The van der Waals surface area contributed by atoms with E-state index in [9.17, 15) is 18.0 Å². The lowest BCUT2D eigenvalue weighted by Crippen LogP contribution is -2.53. The lowest BCUT2D eigenvalue weighted by Gasteiger charge is -2.37. The molecule has 1 aromatic carbocycles. The van der Waals surface area contributed by atoms with Gasteiger partial charge in [-0.15, -0.1) is 15.3 Å². The number of fused-ring (bicyclic) bond motifs is 1. The Morgan fingerprint density at radius 1 is 1.05 bits per heavy atom. The number of carbonyl (C=O) groups is 1. The molecule has 2 fully saturated rings. The molecular weight excluding hydrogens is 638 g/mol.